The zero-order valence-electron chi connectivity index (χ0n) is 17.1. The minimum Gasteiger partial charge on any atom is -0.477 e. The number of alkyl halides is 2. The molecule has 0 bridgehead atoms. The molecular formula is C21H16Cl2F2N2O6. The first-order valence-corrected chi connectivity index (χ1v) is 9.85. The number of aromatic carboxylic acids is 1. The molecule has 3 rings (SSSR count). The molecule has 2 N–H and O–H groups in total. The third-order valence-corrected chi connectivity index (χ3v) is 5.32. The number of aromatic nitrogens is 1. The lowest BCUT2D eigenvalue weighted by atomic mass is 10.0. The van der Waals surface area contributed by atoms with Crippen LogP contribution in [0.15, 0.2) is 54.4 Å². The number of ether oxygens (including phenoxy) is 3. The fraction of sp³-hybridized carbons (Fsp3) is 0.190. The molecule has 1 aliphatic carbocycles. The maximum atomic E-state index is 14.6. The molecule has 1 amide bonds. The summed E-state index contributed by atoms with van der Waals surface area (Å²) < 4.78 is 44.4. The highest BCUT2D eigenvalue weighted by atomic mass is 35.5. The van der Waals surface area contributed by atoms with E-state index >= 15 is 0 Å². The number of nitrogens with zero attached hydrogens (tertiary/aromatic N) is 1. The second-order valence-corrected chi connectivity index (χ2v) is 7.45. The van der Waals surface area contributed by atoms with Gasteiger partial charge in [-0.15, -0.1) is 0 Å². The van der Waals surface area contributed by atoms with E-state index in [-0.39, 0.29) is 38.5 Å². The van der Waals surface area contributed by atoms with Gasteiger partial charge in [0.25, 0.3) is 11.7 Å². The van der Waals surface area contributed by atoms with E-state index in [0.717, 1.165) is 26.5 Å². The third-order valence-electron chi connectivity index (χ3n) is 4.60. The number of hydrogen-bond acceptors (Lipinski definition) is 6. The predicted molar refractivity (Wildman–Crippen MR) is 115 cm³/mol. The standard InChI is InChI=1S/C21H16Cl2F2N2O6/c1-31-21(32-2)6-5-12(9-20(21,24)25)33-17-8-15(23)14(22)7-13(17)18(28)27-11-3-4-16(19(29)30)26-10-11/h3-10H,1-2H3,(H,27,28)(H,29,30). The molecule has 0 radical (unpaired) electrons. The van der Waals surface area contributed by atoms with Crippen molar-refractivity contribution in [1.82, 2.24) is 4.98 Å². The average Bonchev–Trinajstić information content (AvgIpc) is 2.76. The molecule has 2 aromatic rings. The van der Waals surface area contributed by atoms with E-state index in [1.807, 2.05) is 0 Å². The van der Waals surface area contributed by atoms with Crippen molar-refractivity contribution in [3.05, 3.63) is 75.8 Å². The molecule has 0 aliphatic heterocycles. The zero-order chi connectivity index (χ0) is 24.4. The maximum absolute atomic E-state index is 14.6. The first-order valence-electron chi connectivity index (χ1n) is 9.09. The SMILES string of the molecule is COC1(OC)C=CC(Oc2cc(Cl)c(Cl)cc2C(=O)Nc2ccc(C(=O)O)nc2)=CC1(F)F. The van der Waals surface area contributed by atoms with Crippen LogP contribution >= 0.6 is 23.2 Å². The number of allylic oxidation sites excluding steroid dienone is 1. The fourth-order valence-corrected chi connectivity index (χ4v) is 3.21. The van der Waals surface area contributed by atoms with Crippen LogP contribution in [0.1, 0.15) is 20.8 Å². The van der Waals surface area contributed by atoms with E-state index in [0.29, 0.717) is 6.08 Å². The van der Waals surface area contributed by atoms with Gasteiger partial charge in [-0.25, -0.2) is 9.78 Å². The Morgan fingerprint density at radius 2 is 1.79 bits per heavy atom. The lowest BCUT2D eigenvalue weighted by Gasteiger charge is -2.35. The summed E-state index contributed by atoms with van der Waals surface area (Å²) in [7, 11) is 2.14. The number of carboxylic acids is 1. The number of anilines is 1. The van der Waals surface area contributed by atoms with Crippen molar-refractivity contribution < 1.29 is 37.7 Å². The molecule has 0 fully saturated rings. The number of nitrogens with one attached hydrogen (secondary N) is 1. The van der Waals surface area contributed by atoms with Crippen LogP contribution in [0.25, 0.3) is 0 Å². The van der Waals surface area contributed by atoms with Crippen molar-refractivity contribution in [3.8, 4) is 5.75 Å². The summed E-state index contributed by atoms with van der Waals surface area (Å²) in [5.41, 5.74) is -0.165. The van der Waals surface area contributed by atoms with Crippen molar-refractivity contribution in [2.75, 3.05) is 19.5 Å². The number of amides is 1. The van der Waals surface area contributed by atoms with Crippen molar-refractivity contribution in [2.24, 2.45) is 0 Å². The summed E-state index contributed by atoms with van der Waals surface area (Å²) in [6.45, 7) is 0. The quantitative estimate of drug-likeness (QED) is 0.526. The van der Waals surface area contributed by atoms with E-state index in [1.54, 1.807) is 0 Å². The number of carbonyl (C=O) groups excluding carboxylic acids is 1. The Bertz CT molecular complexity index is 1150. The second kappa shape index (κ2) is 9.44. The molecule has 33 heavy (non-hydrogen) atoms. The monoisotopic (exact) mass is 500 g/mol. The minimum atomic E-state index is -3.60. The smallest absolute Gasteiger partial charge is 0.354 e. The number of halogens is 4. The van der Waals surface area contributed by atoms with Gasteiger partial charge in [-0.1, -0.05) is 23.2 Å². The molecular weight excluding hydrogens is 485 g/mol. The summed E-state index contributed by atoms with van der Waals surface area (Å²) in [6, 6.07) is 4.93. The highest BCUT2D eigenvalue weighted by Crippen LogP contribution is 2.40. The van der Waals surface area contributed by atoms with Gasteiger partial charge < -0.3 is 24.6 Å². The van der Waals surface area contributed by atoms with Crippen LogP contribution in [0, 0.1) is 0 Å². The molecule has 0 spiro atoms. The lowest BCUT2D eigenvalue weighted by molar-refractivity contribution is -0.273. The average molecular weight is 501 g/mol. The normalized spacial score (nSPS) is 16.1. The molecule has 1 aromatic carbocycles. The van der Waals surface area contributed by atoms with Gasteiger partial charge in [-0.2, -0.15) is 8.78 Å². The fourth-order valence-electron chi connectivity index (χ4n) is 2.90. The van der Waals surface area contributed by atoms with Crippen LogP contribution in [0.2, 0.25) is 10.0 Å². The first kappa shape index (κ1) is 24.6. The molecule has 0 saturated carbocycles. The minimum absolute atomic E-state index is 0.0183. The van der Waals surface area contributed by atoms with E-state index in [2.05, 4.69) is 10.3 Å². The van der Waals surface area contributed by atoms with E-state index in [1.165, 1.54) is 30.3 Å². The molecule has 12 heteroatoms. The first-order chi connectivity index (χ1) is 15.5. The number of carboxylic acid groups (broad SMARTS) is 1. The van der Waals surface area contributed by atoms with Crippen LogP contribution in [-0.4, -0.2) is 47.9 Å². The largest absolute Gasteiger partial charge is 0.477 e. The third kappa shape index (κ3) is 4.98. The molecule has 8 nitrogen and oxygen atoms in total. The topological polar surface area (TPSA) is 107 Å². The van der Waals surface area contributed by atoms with Crippen LogP contribution < -0.4 is 10.1 Å². The summed E-state index contributed by atoms with van der Waals surface area (Å²) in [5.74, 6) is -8.34. The zero-order valence-corrected chi connectivity index (χ0v) is 18.6. The molecule has 1 aromatic heterocycles. The highest BCUT2D eigenvalue weighted by molar-refractivity contribution is 6.42. The molecule has 174 valence electrons. The molecule has 0 unspecified atom stereocenters. The Hall–Kier alpha value is -3.05. The van der Waals surface area contributed by atoms with Crippen molar-refractivity contribution in [3.63, 3.8) is 0 Å². The Labute approximate surface area is 196 Å². The van der Waals surface area contributed by atoms with Gasteiger partial charge in [0.05, 0.1) is 27.5 Å². The summed E-state index contributed by atoms with van der Waals surface area (Å²) in [6.07, 6.45) is 3.80. The van der Waals surface area contributed by atoms with Crippen molar-refractivity contribution in [2.45, 2.75) is 11.7 Å². The number of pyridine rings is 1. The molecule has 0 atom stereocenters. The van der Waals surface area contributed by atoms with Crippen molar-refractivity contribution >= 4 is 40.8 Å². The van der Waals surface area contributed by atoms with Gasteiger partial charge in [0, 0.05) is 26.4 Å². The number of methoxy groups -OCH3 is 2. The Kier molecular flexibility index (Phi) is 7.03. The second-order valence-electron chi connectivity index (χ2n) is 6.63. The number of hydrogen-bond donors (Lipinski definition) is 2. The predicted octanol–water partition coefficient (Wildman–Crippen LogP) is 4.80. The Morgan fingerprint density at radius 1 is 1.12 bits per heavy atom. The summed E-state index contributed by atoms with van der Waals surface area (Å²) in [4.78, 5) is 27.4. The van der Waals surface area contributed by atoms with Gasteiger partial charge in [0.2, 0.25) is 0 Å². The van der Waals surface area contributed by atoms with Crippen LogP contribution in [0.5, 0.6) is 5.75 Å². The number of rotatable bonds is 7. The van der Waals surface area contributed by atoms with E-state index in [4.69, 9.17) is 42.5 Å². The highest BCUT2D eigenvalue weighted by Gasteiger charge is 2.54. The molecule has 1 aliphatic rings. The van der Waals surface area contributed by atoms with Crippen LogP contribution in [0.4, 0.5) is 14.5 Å². The van der Waals surface area contributed by atoms with Crippen LogP contribution in [-0.2, 0) is 9.47 Å². The Balaban J connectivity index is 1.90. The summed E-state index contributed by atoms with van der Waals surface area (Å²) >= 11 is 12.1. The van der Waals surface area contributed by atoms with Gasteiger partial charge in [-0.05, 0) is 30.4 Å². The van der Waals surface area contributed by atoms with Gasteiger partial charge in [-0.3, -0.25) is 4.79 Å². The van der Waals surface area contributed by atoms with E-state index < -0.39 is 23.6 Å². The van der Waals surface area contributed by atoms with Gasteiger partial charge >= 0.3 is 11.9 Å². The Morgan fingerprint density at radius 3 is 2.33 bits per heavy atom. The van der Waals surface area contributed by atoms with Crippen molar-refractivity contribution in [1.29, 1.82) is 0 Å². The van der Waals surface area contributed by atoms with Gasteiger partial charge in [0.1, 0.15) is 17.2 Å². The van der Waals surface area contributed by atoms with Gasteiger partial charge in [0.15, 0.2) is 0 Å². The maximum Gasteiger partial charge on any atom is 0.354 e. The van der Waals surface area contributed by atoms with Crippen LogP contribution in [0.3, 0.4) is 0 Å². The summed E-state index contributed by atoms with van der Waals surface area (Å²) in [5, 5.41) is 11.4. The molecule has 0 saturated heterocycles. The molecule has 1 heterocycles. The number of benzene rings is 1. The lowest BCUT2D eigenvalue weighted by Crippen LogP contribution is -2.50. The number of carbonyl (C=O) groups is 2. The van der Waals surface area contributed by atoms with E-state index in [9.17, 15) is 18.4 Å².